The average Bonchev–Trinajstić information content (AvgIpc) is 2.71. The number of allylic oxidation sites excluding steroid dienone is 2. The molecule has 0 spiro atoms. The van der Waals surface area contributed by atoms with Crippen molar-refractivity contribution < 1.29 is 9.53 Å². The van der Waals surface area contributed by atoms with Crippen molar-refractivity contribution in [2.24, 2.45) is 0 Å². The molecule has 4 rings (SSSR count). The number of morpholine rings is 1. The highest BCUT2D eigenvalue weighted by molar-refractivity contribution is 8.17. The zero-order valence-corrected chi connectivity index (χ0v) is 18.9. The monoisotopic (exact) mass is 432 g/mol. The molecule has 1 amide bonds. The molecule has 0 aliphatic carbocycles. The van der Waals surface area contributed by atoms with Crippen molar-refractivity contribution >= 4 is 39.1 Å². The first-order valence-electron chi connectivity index (χ1n) is 10.4. The fourth-order valence-electron chi connectivity index (χ4n) is 3.35. The van der Waals surface area contributed by atoms with Gasteiger partial charge < -0.3 is 20.7 Å². The van der Waals surface area contributed by atoms with Crippen LogP contribution in [-0.2, 0) is 9.53 Å². The summed E-state index contributed by atoms with van der Waals surface area (Å²) in [4.78, 5) is 25.2. The Balaban J connectivity index is 0.000000806. The first-order chi connectivity index (χ1) is 14.5. The number of rotatable bonds is 4. The van der Waals surface area contributed by atoms with E-state index < -0.39 is 0 Å². The minimum Gasteiger partial charge on any atom is -0.382 e. The lowest BCUT2D eigenvalue weighted by molar-refractivity contribution is -0.115. The molecule has 3 aliphatic rings. The molecule has 8 nitrogen and oxygen atoms in total. The molecule has 1 fully saturated rings. The van der Waals surface area contributed by atoms with Gasteiger partial charge in [-0.15, -0.1) is 10.5 Å². The maximum absolute atomic E-state index is 12.1. The molecule has 4 heterocycles. The van der Waals surface area contributed by atoms with Gasteiger partial charge in [-0.05, 0) is 23.3 Å². The third-order valence-corrected chi connectivity index (χ3v) is 6.38. The summed E-state index contributed by atoms with van der Waals surface area (Å²) < 4.78 is 5.43. The summed E-state index contributed by atoms with van der Waals surface area (Å²) in [6, 6.07) is 0. The number of aryl methyl sites for hydroxylation is 1. The number of aromatic nitrogens is 2. The molecule has 30 heavy (non-hydrogen) atoms. The fraction of sp³-hybridized carbons (Fsp3) is 0.524. The van der Waals surface area contributed by atoms with Gasteiger partial charge in [0, 0.05) is 25.5 Å². The second-order valence-electron chi connectivity index (χ2n) is 7.48. The van der Waals surface area contributed by atoms with Gasteiger partial charge in [-0.2, -0.15) is 0 Å². The lowest BCUT2D eigenvalue weighted by Crippen LogP contribution is -2.41. The summed E-state index contributed by atoms with van der Waals surface area (Å²) in [5, 5.41) is 7.35. The van der Waals surface area contributed by atoms with Gasteiger partial charge in [0.25, 0.3) is 0 Å². The van der Waals surface area contributed by atoms with E-state index in [1.807, 2.05) is 4.90 Å². The predicted octanol–water partition coefficient (Wildman–Crippen LogP) is 2.36. The number of nitrogens with zero attached hydrogens (tertiary/aromatic N) is 4. The molecule has 1 aromatic heterocycles. The summed E-state index contributed by atoms with van der Waals surface area (Å²) in [5.74, 6) is 2.52. The highest BCUT2D eigenvalue weighted by atomic mass is 32.2. The van der Waals surface area contributed by atoms with E-state index in [4.69, 9.17) is 10.5 Å². The molecule has 1 aromatic rings. The minimum atomic E-state index is -0.0964. The Morgan fingerprint density at radius 3 is 2.73 bits per heavy atom. The molecule has 9 heteroatoms. The number of carbonyl (C=O) groups excluding carboxylic acids is 1. The molecule has 3 N–H and O–H groups in total. The Labute approximate surface area is 181 Å². The van der Waals surface area contributed by atoms with Crippen LogP contribution in [0.25, 0.3) is 0 Å². The fourth-order valence-corrected chi connectivity index (χ4v) is 5.10. The first-order valence-corrected chi connectivity index (χ1v) is 11.9. The molecule has 1 unspecified atom stereocenters. The second kappa shape index (κ2) is 10.7. The zero-order chi connectivity index (χ0) is 21.5. The van der Waals surface area contributed by atoms with Crippen LogP contribution < -0.4 is 16.0 Å². The van der Waals surface area contributed by atoms with Crippen molar-refractivity contribution in [2.75, 3.05) is 61.2 Å². The standard InChI is InChI=1S/C18H24N6O2S.C3H8/c1-13-20-17(19)16-18(21-13)24(10-15(25)22-16)9-14-3-2-8-27(11-14)12-23-4-6-26-7-5-23;1-3-2/h2-3,8,11H,4-7,9-10,12H2,1H3,(H,22,25)(H2,19,20,21);3H2,1-2H3. The number of carbonyl (C=O) groups is 1. The zero-order valence-electron chi connectivity index (χ0n) is 18.1. The van der Waals surface area contributed by atoms with E-state index in [0.29, 0.717) is 29.7 Å². The highest BCUT2D eigenvalue weighted by Gasteiger charge is 2.27. The van der Waals surface area contributed by atoms with E-state index in [9.17, 15) is 4.79 Å². The van der Waals surface area contributed by atoms with Crippen molar-refractivity contribution in [1.82, 2.24) is 14.9 Å². The van der Waals surface area contributed by atoms with Gasteiger partial charge in [-0.1, -0.05) is 32.4 Å². The summed E-state index contributed by atoms with van der Waals surface area (Å²) in [7, 11) is 0.0599. The lowest BCUT2D eigenvalue weighted by atomic mass is 10.2. The van der Waals surface area contributed by atoms with Gasteiger partial charge in [0.1, 0.15) is 11.5 Å². The molecule has 0 radical (unpaired) electrons. The van der Waals surface area contributed by atoms with Crippen LogP contribution in [0.2, 0.25) is 0 Å². The smallest absolute Gasteiger partial charge is 0.244 e. The van der Waals surface area contributed by atoms with Crippen molar-refractivity contribution in [3.05, 3.63) is 29.0 Å². The van der Waals surface area contributed by atoms with Gasteiger partial charge in [-0.25, -0.2) is 9.97 Å². The van der Waals surface area contributed by atoms with Crippen molar-refractivity contribution in [2.45, 2.75) is 27.2 Å². The van der Waals surface area contributed by atoms with Crippen molar-refractivity contribution in [1.29, 1.82) is 0 Å². The van der Waals surface area contributed by atoms with Gasteiger partial charge in [0.05, 0.1) is 19.8 Å². The van der Waals surface area contributed by atoms with Crippen molar-refractivity contribution in [3.63, 3.8) is 0 Å². The van der Waals surface area contributed by atoms with Crippen molar-refractivity contribution in [3.8, 4) is 0 Å². The van der Waals surface area contributed by atoms with Crippen LogP contribution in [0.4, 0.5) is 17.3 Å². The van der Waals surface area contributed by atoms with Gasteiger partial charge in [0.2, 0.25) is 5.91 Å². The predicted molar refractivity (Wildman–Crippen MR) is 126 cm³/mol. The van der Waals surface area contributed by atoms with Crippen LogP contribution in [0.5, 0.6) is 0 Å². The quantitative estimate of drug-likeness (QED) is 0.705. The molecule has 0 bridgehead atoms. The number of anilines is 3. The third-order valence-electron chi connectivity index (χ3n) is 4.60. The molecular weight excluding hydrogens is 400 g/mol. The van der Waals surface area contributed by atoms with E-state index in [1.54, 1.807) is 6.92 Å². The van der Waals surface area contributed by atoms with Crippen LogP contribution in [0.1, 0.15) is 26.1 Å². The lowest BCUT2D eigenvalue weighted by Gasteiger charge is -2.31. The summed E-state index contributed by atoms with van der Waals surface area (Å²) in [5.41, 5.74) is 7.68. The second-order valence-corrected chi connectivity index (χ2v) is 9.19. The number of hydrogen-bond acceptors (Lipinski definition) is 7. The number of nitrogen functional groups attached to an aromatic ring is 1. The molecular formula is C21H32N6O2S. The van der Waals surface area contributed by atoms with E-state index in [-0.39, 0.29) is 22.9 Å². The number of nitrogens with two attached hydrogens (primary N) is 1. The van der Waals surface area contributed by atoms with Crippen LogP contribution in [0, 0.1) is 6.92 Å². The Hall–Kier alpha value is -2.23. The van der Waals surface area contributed by atoms with Crippen LogP contribution in [0.15, 0.2) is 23.1 Å². The van der Waals surface area contributed by atoms with E-state index in [2.05, 4.69) is 57.0 Å². The number of hydrogen-bond donors (Lipinski definition) is 2. The summed E-state index contributed by atoms with van der Waals surface area (Å²) in [6.07, 6.45) is 5.47. The summed E-state index contributed by atoms with van der Waals surface area (Å²) in [6.45, 7) is 10.5. The Morgan fingerprint density at radius 2 is 2.00 bits per heavy atom. The third kappa shape index (κ3) is 5.90. The number of nitrogens with one attached hydrogen (secondary N) is 1. The van der Waals surface area contributed by atoms with E-state index >= 15 is 0 Å². The highest BCUT2D eigenvalue weighted by Crippen LogP contribution is 2.32. The summed E-state index contributed by atoms with van der Waals surface area (Å²) >= 11 is 0. The Bertz CT molecular complexity index is 861. The minimum absolute atomic E-state index is 0.0599. The molecule has 164 valence electrons. The topological polar surface area (TPSA) is 96.6 Å². The van der Waals surface area contributed by atoms with Gasteiger partial charge in [-0.3, -0.25) is 9.69 Å². The van der Waals surface area contributed by atoms with Crippen LogP contribution >= 0.6 is 10.5 Å². The average molecular weight is 433 g/mol. The van der Waals surface area contributed by atoms with Crippen LogP contribution in [-0.4, -0.2) is 71.4 Å². The van der Waals surface area contributed by atoms with Gasteiger partial charge in [0.15, 0.2) is 11.6 Å². The van der Waals surface area contributed by atoms with E-state index in [0.717, 1.165) is 32.2 Å². The van der Waals surface area contributed by atoms with Gasteiger partial charge >= 0.3 is 0 Å². The largest absolute Gasteiger partial charge is 0.382 e. The number of amides is 1. The molecule has 0 saturated carbocycles. The molecule has 0 aromatic carbocycles. The first kappa shape index (κ1) is 22.5. The number of ether oxygens (including phenoxy) is 1. The Kier molecular flexibility index (Phi) is 8.01. The van der Waals surface area contributed by atoms with Crippen LogP contribution in [0.3, 0.4) is 0 Å². The molecule has 1 atom stereocenters. The SMILES string of the molecule is CCC.Cc1nc(N)c2c(n1)N(CC1=CC=CS(CN3CCOCC3)=C1)CC(=O)N2. The Morgan fingerprint density at radius 1 is 1.27 bits per heavy atom. The normalized spacial score (nSPS) is 21.0. The maximum atomic E-state index is 12.1. The number of fused-ring (bicyclic) bond motifs is 1. The molecule has 1 saturated heterocycles. The maximum Gasteiger partial charge on any atom is 0.244 e. The molecule has 3 aliphatic heterocycles. The van der Waals surface area contributed by atoms with E-state index in [1.165, 1.54) is 12.0 Å².